The molecule has 3 aromatic carbocycles. The number of ether oxygens (including phenoxy) is 2. The molecule has 2 N–H and O–H groups in total. The van der Waals surface area contributed by atoms with E-state index < -0.39 is 15.9 Å². The zero-order valence-corrected chi connectivity index (χ0v) is 19.3. The Labute approximate surface area is 192 Å². The van der Waals surface area contributed by atoms with Crippen molar-refractivity contribution in [3.8, 4) is 11.5 Å². The lowest BCUT2D eigenvalue weighted by atomic mass is 10.1. The van der Waals surface area contributed by atoms with Crippen LogP contribution in [-0.4, -0.2) is 28.5 Å². The number of amides is 1. The van der Waals surface area contributed by atoms with Crippen molar-refractivity contribution in [1.82, 2.24) is 5.32 Å². The summed E-state index contributed by atoms with van der Waals surface area (Å²) in [5.41, 5.74) is 1.29. The lowest BCUT2D eigenvalue weighted by Gasteiger charge is -2.18. The summed E-state index contributed by atoms with van der Waals surface area (Å²) < 4.78 is 38.7. The Morgan fingerprint density at radius 2 is 1.66 bits per heavy atom. The number of para-hydroxylation sites is 1. The molecule has 0 fully saturated rings. The standard InChI is InChI=1S/C23H23ClN2O5S/c1-15(19-6-4-5-7-21(19)31-3)25-23(27)16-8-13-20(24)22(14-16)32(28,29)26-17-9-11-18(30-2)12-10-17/h4-15,26H,1-3H3,(H,25,27). The number of hydrogen-bond donors (Lipinski definition) is 2. The smallest absolute Gasteiger partial charge is 0.263 e. The summed E-state index contributed by atoms with van der Waals surface area (Å²) in [5.74, 6) is 0.790. The molecule has 7 nitrogen and oxygen atoms in total. The predicted octanol–water partition coefficient (Wildman–Crippen LogP) is 4.65. The van der Waals surface area contributed by atoms with Gasteiger partial charge in [0.25, 0.3) is 15.9 Å². The van der Waals surface area contributed by atoms with Gasteiger partial charge in [-0.05, 0) is 55.5 Å². The van der Waals surface area contributed by atoms with Crippen LogP contribution < -0.4 is 19.5 Å². The van der Waals surface area contributed by atoms with Gasteiger partial charge in [0, 0.05) is 16.8 Å². The van der Waals surface area contributed by atoms with Gasteiger partial charge in [-0.3, -0.25) is 9.52 Å². The number of halogens is 1. The van der Waals surface area contributed by atoms with E-state index in [0.29, 0.717) is 17.2 Å². The molecule has 1 atom stereocenters. The Kier molecular flexibility index (Phi) is 7.27. The third-order valence-electron chi connectivity index (χ3n) is 4.78. The highest BCUT2D eigenvalue weighted by molar-refractivity contribution is 7.92. The maximum absolute atomic E-state index is 12.9. The summed E-state index contributed by atoms with van der Waals surface area (Å²) in [6.07, 6.45) is 0. The van der Waals surface area contributed by atoms with Crippen LogP contribution in [-0.2, 0) is 10.0 Å². The Balaban J connectivity index is 1.83. The van der Waals surface area contributed by atoms with Crippen LogP contribution in [0.25, 0.3) is 0 Å². The number of methoxy groups -OCH3 is 2. The largest absolute Gasteiger partial charge is 0.497 e. The van der Waals surface area contributed by atoms with Gasteiger partial charge in [-0.2, -0.15) is 0 Å². The summed E-state index contributed by atoms with van der Waals surface area (Å²) in [5, 5.41) is 2.86. The van der Waals surface area contributed by atoms with Crippen molar-refractivity contribution >= 4 is 33.2 Å². The second-order valence-corrected chi connectivity index (χ2v) is 8.97. The van der Waals surface area contributed by atoms with E-state index in [-0.39, 0.29) is 21.5 Å². The predicted molar refractivity (Wildman–Crippen MR) is 124 cm³/mol. The molecule has 0 radical (unpaired) electrons. The zero-order chi connectivity index (χ0) is 23.3. The average molecular weight is 475 g/mol. The van der Waals surface area contributed by atoms with Crippen LogP contribution in [0, 0.1) is 0 Å². The van der Waals surface area contributed by atoms with Crippen molar-refractivity contribution in [1.29, 1.82) is 0 Å². The summed E-state index contributed by atoms with van der Waals surface area (Å²) in [4.78, 5) is 12.6. The van der Waals surface area contributed by atoms with Gasteiger partial charge in [0.2, 0.25) is 0 Å². The summed E-state index contributed by atoms with van der Waals surface area (Å²) >= 11 is 6.15. The van der Waals surface area contributed by atoms with E-state index in [2.05, 4.69) is 10.0 Å². The minimum Gasteiger partial charge on any atom is -0.497 e. The first-order valence-corrected chi connectivity index (χ1v) is 11.5. The monoisotopic (exact) mass is 474 g/mol. The van der Waals surface area contributed by atoms with Crippen molar-refractivity contribution in [2.45, 2.75) is 17.9 Å². The SMILES string of the molecule is COc1ccc(NS(=O)(=O)c2cc(C(=O)NC(C)c3ccccc3OC)ccc2Cl)cc1. The number of carbonyl (C=O) groups excluding carboxylic acids is 1. The maximum atomic E-state index is 12.9. The number of nitrogens with one attached hydrogen (secondary N) is 2. The molecule has 1 amide bonds. The molecule has 0 saturated carbocycles. The van der Waals surface area contributed by atoms with Crippen molar-refractivity contribution in [2.75, 3.05) is 18.9 Å². The number of anilines is 1. The number of sulfonamides is 1. The second-order valence-electron chi connectivity index (χ2n) is 6.92. The van der Waals surface area contributed by atoms with Crippen LogP contribution in [0.4, 0.5) is 5.69 Å². The normalized spacial score (nSPS) is 12.0. The molecule has 32 heavy (non-hydrogen) atoms. The first kappa shape index (κ1) is 23.4. The van der Waals surface area contributed by atoms with Gasteiger partial charge in [0.05, 0.1) is 25.3 Å². The number of rotatable bonds is 8. The number of carbonyl (C=O) groups is 1. The van der Waals surface area contributed by atoms with Gasteiger partial charge in [0.1, 0.15) is 16.4 Å². The van der Waals surface area contributed by atoms with E-state index in [1.807, 2.05) is 25.1 Å². The molecule has 9 heteroatoms. The Morgan fingerprint density at radius 3 is 2.31 bits per heavy atom. The highest BCUT2D eigenvalue weighted by Gasteiger charge is 2.22. The molecule has 0 heterocycles. The number of benzene rings is 3. The van der Waals surface area contributed by atoms with E-state index in [9.17, 15) is 13.2 Å². The van der Waals surface area contributed by atoms with Crippen LogP contribution in [0.2, 0.25) is 5.02 Å². The van der Waals surface area contributed by atoms with Crippen LogP contribution in [0.3, 0.4) is 0 Å². The molecule has 0 aliphatic heterocycles. The second kappa shape index (κ2) is 9.93. The third-order valence-corrected chi connectivity index (χ3v) is 6.64. The van der Waals surface area contributed by atoms with Gasteiger partial charge < -0.3 is 14.8 Å². The molecule has 0 bridgehead atoms. The molecule has 0 aliphatic carbocycles. The first-order chi connectivity index (χ1) is 15.2. The molecule has 0 aliphatic rings. The van der Waals surface area contributed by atoms with Gasteiger partial charge in [-0.15, -0.1) is 0 Å². The lowest BCUT2D eigenvalue weighted by molar-refractivity contribution is 0.0939. The van der Waals surface area contributed by atoms with E-state index >= 15 is 0 Å². The summed E-state index contributed by atoms with van der Waals surface area (Å²) in [6.45, 7) is 1.81. The van der Waals surface area contributed by atoms with Crippen LogP contribution in [0.1, 0.15) is 28.9 Å². The Bertz CT molecular complexity index is 1210. The molecule has 0 spiro atoms. The van der Waals surface area contributed by atoms with E-state index in [1.54, 1.807) is 37.4 Å². The molecular formula is C23H23ClN2O5S. The molecule has 168 valence electrons. The van der Waals surface area contributed by atoms with Crippen molar-refractivity contribution in [3.05, 3.63) is 82.9 Å². The summed E-state index contributed by atoms with van der Waals surface area (Å²) in [6, 6.07) is 17.4. The fourth-order valence-electron chi connectivity index (χ4n) is 3.10. The van der Waals surface area contributed by atoms with Crippen molar-refractivity contribution in [2.24, 2.45) is 0 Å². The first-order valence-electron chi connectivity index (χ1n) is 9.65. The van der Waals surface area contributed by atoms with Crippen molar-refractivity contribution in [3.63, 3.8) is 0 Å². The van der Waals surface area contributed by atoms with Gasteiger partial charge in [-0.25, -0.2) is 8.42 Å². The third kappa shape index (κ3) is 5.33. The maximum Gasteiger partial charge on any atom is 0.263 e. The quantitative estimate of drug-likeness (QED) is 0.495. The molecule has 3 rings (SSSR count). The average Bonchev–Trinajstić information content (AvgIpc) is 2.79. The number of hydrogen-bond acceptors (Lipinski definition) is 5. The highest BCUT2D eigenvalue weighted by Crippen LogP contribution is 2.27. The molecule has 3 aromatic rings. The Morgan fingerprint density at radius 1 is 0.969 bits per heavy atom. The fourth-order valence-corrected chi connectivity index (χ4v) is 4.69. The van der Waals surface area contributed by atoms with Crippen LogP contribution >= 0.6 is 11.6 Å². The zero-order valence-electron chi connectivity index (χ0n) is 17.8. The van der Waals surface area contributed by atoms with Crippen LogP contribution in [0.15, 0.2) is 71.6 Å². The van der Waals surface area contributed by atoms with Crippen molar-refractivity contribution < 1.29 is 22.7 Å². The van der Waals surface area contributed by atoms with E-state index in [4.69, 9.17) is 21.1 Å². The van der Waals surface area contributed by atoms with Crippen LogP contribution in [0.5, 0.6) is 11.5 Å². The fraction of sp³-hybridized carbons (Fsp3) is 0.174. The highest BCUT2D eigenvalue weighted by atomic mass is 35.5. The van der Waals surface area contributed by atoms with Gasteiger partial charge in [-0.1, -0.05) is 29.8 Å². The Hall–Kier alpha value is -3.23. The molecule has 1 unspecified atom stereocenters. The summed E-state index contributed by atoms with van der Waals surface area (Å²) in [7, 11) is -0.960. The van der Waals surface area contributed by atoms with E-state index in [0.717, 1.165) is 5.56 Å². The lowest BCUT2D eigenvalue weighted by Crippen LogP contribution is -2.27. The van der Waals surface area contributed by atoms with Gasteiger partial charge in [0.15, 0.2) is 0 Å². The molecule has 0 aromatic heterocycles. The van der Waals surface area contributed by atoms with Gasteiger partial charge >= 0.3 is 0 Å². The molecule has 0 saturated heterocycles. The van der Waals surface area contributed by atoms with E-state index in [1.165, 1.54) is 25.3 Å². The minimum absolute atomic E-state index is 0.000314. The minimum atomic E-state index is -4.03. The molecular weight excluding hydrogens is 452 g/mol. The topological polar surface area (TPSA) is 93.7 Å².